The van der Waals surface area contributed by atoms with Crippen molar-refractivity contribution in [1.29, 1.82) is 0 Å². The third-order valence-electron chi connectivity index (χ3n) is 3.52. The maximum absolute atomic E-state index is 11.4. The van der Waals surface area contributed by atoms with E-state index in [1.165, 1.54) is 6.07 Å². The highest BCUT2D eigenvalue weighted by molar-refractivity contribution is 7.89. The number of sulfonamides is 1. The maximum atomic E-state index is 11.4. The Labute approximate surface area is 128 Å². The summed E-state index contributed by atoms with van der Waals surface area (Å²) in [5.74, 6) is 0.483. The van der Waals surface area contributed by atoms with Crippen molar-refractivity contribution in [1.82, 2.24) is 10.2 Å². The second-order valence-electron chi connectivity index (χ2n) is 6.12. The molecule has 0 aromatic heterocycles. The van der Waals surface area contributed by atoms with E-state index in [0.29, 0.717) is 12.0 Å². The summed E-state index contributed by atoms with van der Waals surface area (Å²) in [6.07, 6.45) is 0. The second-order valence-corrected chi connectivity index (χ2v) is 7.68. The van der Waals surface area contributed by atoms with Crippen LogP contribution in [-0.2, 0) is 10.0 Å². The highest BCUT2D eigenvalue weighted by atomic mass is 32.2. The molecule has 0 saturated heterocycles. The normalized spacial score (nSPS) is 15.4. The van der Waals surface area contributed by atoms with Crippen LogP contribution in [-0.4, -0.2) is 40.0 Å². The highest BCUT2D eigenvalue weighted by Crippen LogP contribution is 2.18. The lowest BCUT2D eigenvalue weighted by Gasteiger charge is -2.29. The number of nitrogens with zero attached hydrogens (tertiary/aromatic N) is 1. The fourth-order valence-corrected chi connectivity index (χ4v) is 2.80. The minimum Gasteiger partial charge on any atom is -0.308 e. The van der Waals surface area contributed by atoms with E-state index in [2.05, 4.69) is 24.1 Å². The van der Waals surface area contributed by atoms with Crippen molar-refractivity contribution in [2.45, 2.75) is 37.8 Å². The van der Waals surface area contributed by atoms with Crippen LogP contribution in [0.4, 0.5) is 0 Å². The Balaban J connectivity index is 2.90. The van der Waals surface area contributed by atoms with Crippen LogP contribution in [0.3, 0.4) is 0 Å². The van der Waals surface area contributed by atoms with Crippen LogP contribution >= 0.6 is 0 Å². The Morgan fingerprint density at radius 1 is 1.24 bits per heavy atom. The van der Waals surface area contributed by atoms with E-state index in [0.717, 1.165) is 12.1 Å². The van der Waals surface area contributed by atoms with Crippen LogP contribution in [0.25, 0.3) is 0 Å². The zero-order chi connectivity index (χ0) is 16.2. The Morgan fingerprint density at radius 3 is 2.33 bits per heavy atom. The largest absolute Gasteiger partial charge is 0.308 e. The zero-order valence-corrected chi connectivity index (χ0v) is 14.3. The van der Waals surface area contributed by atoms with Crippen molar-refractivity contribution in [3.05, 3.63) is 29.8 Å². The molecule has 1 aromatic carbocycles. The van der Waals surface area contributed by atoms with Gasteiger partial charge in [0.1, 0.15) is 0 Å². The Hall–Kier alpha value is -0.950. The Kier molecular flexibility index (Phi) is 6.34. The maximum Gasteiger partial charge on any atom is 0.238 e. The first kappa shape index (κ1) is 18.1. The zero-order valence-electron chi connectivity index (χ0n) is 13.5. The van der Waals surface area contributed by atoms with Crippen molar-refractivity contribution in [2.75, 3.05) is 20.6 Å². The predicted octanol–water partition coefficient (Wildman–Crippen LogP) is 1.57. The topological polar surface area (TPSA) is 75.4 Å². The molecule has 1 rings (SSSR count). The van der Waals surface area contributed by atoms with E-state index >= 15 is 0 Å². The average molecular weight is 313 g/mol. The van der Waals surface area contributed by atoms with Crippen molar-refractivity contribution in [3.8, 4) is 0 Å². The third-order valence-corrected chi connectivity index (χ3v) is 4.43. The quantitative estimate of drug-likeness (QED) is 0.801. The van der Waals surface area contributed by atoms with Crippen LogP contribution < -0.4 is 10.5 Å². The SMILES string of the molecule is CC(NC(CN(C)C)C(C)C)c1cccc(S(N)(=O)=O)c1. The van der Waals surface area contributed by atoms with Crippen molar-refractivity contribution in [2.24, 2.45) is 11.1 Å². The highest BCUT2D eigenvalue weighted by Gasteiger charge is 2.18. The number of nitrogens with one attached hydrogen (secondary N) is 1. The van der Waals surface area contributed by atoms with Gasteiger partial charge in [-0.05, 0) is 44.6 Å². The van der Waals surface area contributed by atoms with E-state index in [9.17, 15) is 8.42 Å². The fraction of sp³-hybridized carbons (Fsp3) is 0.600. The number of rotatable bonds is 7. The summed E-state index contributed by atoms with van der Waals surface area (Å²) < 4.78 is 22.9. The molecule has 6 heteroatoms. The molecule has 0 radical (unpaired) electrons. The van der Waals surface area contributed by atoms with Gasteiger partial charge >= 0.3 is 0 Å². The summed E-state index contributed by atoms with van der Waals surface area (Å²) in [5.41, 5.74) is 0.922. The van der Waals surface area contributed by atoms with Gasteiger partial charge in [0.2, 0.25) is 10.0 Å². The molecule has 0 aliphatic heterocycles. The molecular formula is C15H27N3O2S. The van der Waals surface area contributed by atoms with E-state index in [4.69, 9.17) is 5.14 Å². The van der Waals surface area contributed by atoms with Crippen LogP contribution in [0.2, 0.25) is 0 Å². The molecule has 2 unspecified atom stereocenters. The summed E-state index contributed by atoms with van der Waals surface area (Å²) >= 11 is 0. The lowest BCUT2D eigenvalue weighted by atomic mass is 10.0. The molecule has 0 spiro atoms. The first-order chi connectivity index (χ1) is 9.61. The summed E-state index contributed by atoms with van der Waals surface area (Å²) in [6.45, 7) is 7.31. The van der Waals surface area contributed by atoms with E-state index in [1.807, 2.05) is 27.1 Å². The molecule has 0 amide bonds. The van der Waals surface area contributed by atoms with Crippen molar-refractivity contribution < 1.29 is 8.42 Å². The van der Waals surface area contributed by atoms with E-state index in [1.54, 1.807) is 12.1 Å². The number of hydrogen-bond acceptors (Lipinski definition) is 4. The van der Waals surface area contributed by atoms with Gasteiger partial charge in [0.05, 0.1) is 4.90 Å². The second kappa shape index (κ2) is 7.35. The standard InChI is InChI=1S/C15H27N3O2S/c1-11(2)15(10-18(4)5)17-12(3)13-7-6-8-14(9-13)21(16,19)20/h6-9,11-12,15,17H,10H2,1-5H3,(H2,16,19,20). The van der Waals surface area contributed by atoms with Crippen LogP contribution in [0.5, 0.6) is 0 Å². The number of benzene rings is 1. The van der Waals surface area contributed by atoms with Crippen molar-refractivity contribution >= 4 is 10.0 Å². The Morgan fingerprint density at radius 2 is 1.86 bits per heavy atom. The molecule has 5 nitrogen and oxygen atoms in total. The molecule has 120 valence electrons. The third kappa shape index (κ3) is 5.74. The van der Waals surface area contributed by atoms with Gasteiger partial charge in [-0.2, -0.15) is 0 Å². The minimum atomic E-state index is -3.66. The monoisotopic (exact) mass is 313 g/mol. The first-order valence-corrected chi connectivity index (χ1v) is 8.69. The van der Waals surface area contributed by atoms with Crippen LogP contribution in [0, 0.1) is 5.92 Å². The number of primary sulfonamides is 1. The molecule has 2 atom stereocenters. The molecule has 0 bridgehead atoms. The summed E-state index contributed by atoms with van der Waals surface area (Å²) in [5, 5.41) is 8.75. The van der Waals surface area contributed by atoms with Gasteiger partial charge in [0.25, 0.3) is 0 Å². The number of likely N-dealkylation sites (N-methyl/N-ethyl adjacent to an activating group) is 1. The summed E-state index contributed by atoms with van der Waals surface area (Å²) in [7, 11) is 0.431. The molecule has 0 fully saturated rings. The smallest absolute Gasteiger partial charge is 0.238 e. The first-order valence-electron chi connectivity index (χ1n) is 7.14. The minimum absolute atomic E-state index is 0.0547. The van der Waals surface area contributed by atoms with Gasteiger partial charge < -0.3 is 10.2 Å². The summed E-state index contributed by atoms with van der Waals surface area (Å²) in [4.78, 5) is 2.30. The van der Waals surface area contributed by atoms with Gasteiger partial charge in [0.15, 0.2) is 0 Å². The molecule has 0 heterocycles. The lowest BCUT2D eigenvalue weighted by Crippen LogP contribution is -2.43. The number of nitrogens with two attached hydrogens (primary N) is 1. The molecular weight excluding hydrogens is 286 g/mol. The molecule has 21 heavy (non-hydrogen) atoms. The van der Waals surface area contributed by atoms with Gasteiger partial charge in [-0.1, -0.05) is 26.0 Å². The van der Waals surface area contributed by atoms with E-state index in [-0.39, 0.29) is 10.9 Å². The summed E-state index contributed by atoms with van der Waals surface area (Å²) in [6, 6.07) is 7.18. The van der Waals surface area contributed by atoms with Crippen LogP contribution in [0.1, 0.15) is 32.4 Å². The molecule has 1 aromatic rings. The van der Waals surface area contributed by atoms with Crippen molar-refractivity contribution in [3.63, 3.8) is 0 Å². The molecule has 0 aliphatic carbocycles. The number of hydrogen-bond donors (Lipinski definition) is 2. The van der Waals surface area contributed by atoms with E-state index < -0.39 is 10.0 Å². The predicted molar refractivity (Wildman–Crippen MR) is 86.5 cm³/mol. The Bertz CT molecular complexity index is 556. The molecule has 0 saturated carbocycles. The molecule has 3 N–H and O–H groups in total. The van der Waals surface area contributed by atoms with Gasteiger partial charge in [-0.25, -0.2) is 13.6 Å². The van der Waals surface area contributed by atoms with Gasteiger partial charge in [-0.3, -0.25) is 0 Å². The van der Waals surface area contributed by atoms with Gasteiger partial charge in [0, 0.05) is 18.6 Å². The average Bonchev–Trinajstić information content (AvgIpc) is 2.36. The molecule has 0 aliphatic rings. The fourth-order valence-electron chi connectivity index (χ4n) is 2.23. The van der Waals surface area contributed by atoms with Crippen LogP contribution in [0.15, 0.2) is 29.2 Å². The van der Waals surface area contributed by atoms with Gasteiger partial charge in [-0.15, -0.1) is 0 Å². The lowest BCUT2D eigenvalue weighted by molar-refractivity contribution is 0.273.